The zero-order valence-electron chi connectivity index (χ0n) is 15.1. The first kappa shape index (κ1) is 18.5. The van der Waals surface area contributed by atoms with E-state index in [0.29, 0.717) is 17.2 Å². The van der Waals surface area contributed by atoms with Gasteiger partial charge in [0.1, 0.15) is 16.4 Å². The predicted molar refractivity (Wildman–Crippen MR) is 103 cm³/mol. The maximum atomic E-state index is 6.42. The Morgan fingerprint density at radius 3 is 2.88 bits per heavy atom. The highest BCUT2D eigenvalue weighted by Crippen LogP contribution is 2.47. The third-order valence-electron chi connectivity index (χ3n) is 4.45. The van der Waals surface area contributed by atoms with Gasteiger partial charge in [0.2, 0.25) is 0 Å². The fourth-order valence-electron chi connectivity index (χ4n) is 3.16. The van der Waals surface area contributed by atoms with E-state index < -0.39 is 0 Å². The molecule has 0 spiro atoms. The van der Waals surface area contributed by atoms with E-state index in [-0.39, 0.29) is 11.0 Å². The third-order valence-corrected chi connectivity index (χ3v) is 6.72. The van der Waals surface area contributed by atoms with Crippen LogP contribution in [-0.4, -0.2) is 36.5 Å². The average molecular weight is 381 g/mol. The van der Waals surface area contributed by atoms with E-state index in [1.807, 2.05) is 5.38 Å². The molecule has 0 saturated carbocycles. The normalized spacial score (nSPS) is 23.9. The van der Waals surface area contributed by atoms with E-state index in [4.69, 9.17) is 19.2 Å². The summed E-state index contributed by atoms with van der Waals surface area (Å²) >= 11 is 3.36. The minimum absolute atomic E-state index is 0.242. The Kier molecular flexibility index (Phi) is 5.86. The Morgan fingerprint density at radius 1 is 1.32 bits per heavy atom. The Bertz CT molecular complexity index is 722. The number of pyridine rings is 1. The number of hydrogen-bond acceptors (Lipinski definition) is 7. The summed E-state index contributed by atoms with van der Waals surface area (Å²) < 4.78 is 17.3. The Balaban J connectivity index is 2.00. The van der Waals surface area contributed by atoms with Gasteiger partial charge in [0.05, 0.1) is 20.3 Å². The molecule has 136 valence electrons. The van der Waals surface area contributed by atoms with E-state index in [9.17, 15) is 0 Å². The summed E-state index contributed by atoms with van der Waals surface area (Å²) in [5, 5.41) is 3.02. The van der Waals surface area contributed by atoms with Gasteiger partial charge < -0.3 is 14.2 Å². The molecule has 2 aromatic rings. The van der Waals surface area contributed by atoms with Crippen LogP contribution in [0.4, 0.5) is 0 Å². The summed E-state index contributed by atoms with van der Waals surface area (Å²) in [5.41, 5.74) is 1.49. The molecule has 3 heterocycles. The number of aromatic nitrogens is 2. The first-order valence-electron chi connectivity index (χ1n) is 8.40. The molecule has 5 nitrogen and oxygen atoms in total. The van der Waals surface area contributed by atoms with Crippen molar-refractivity contribution in [3.8, 4) is 22.9 Å². The molecule has 1 aliphatic heterocycles. The molecule has 0 aliphatic carbocycles. The highest BCUT2D eigenvalue weighted by Gasteiger charge is 2.38. The zero-order chi connectivity index (χ0) is 17.9. The van der Waals surface area contributed by atoms with Gasteiger partial charge in [-0.2, -0.15) is 0 Å². The van der Waals surface area contributed by atoms with Gasteiger partial charge in [0.15, 0.2) is 16.4 Å². The van der Waals surface area contributed by atoms with Crippen LogP contribution in [0.2, 0.25) is 0 Å². The van der Waals surface area contributed by atoms with Crippen LogP contribution in [0.5, 0.6) is 11.5 Å². The fourth-order valence-corrected chi connectivity index (χ4v) is 5.25. The molecular weight excluding hydrogens is 356 g/mol. The van der Waals surface area contributed by atoms with Gasteiger partial charge in [-0.25, -0.2) is 4.98 Å². The Labute approximate surface area is 157 Å². The van der Waals surface area contributed by atoms with Gasteiger partial charge in [0.25, 0.3) is 0 Å². The van der Waals surface area contributed by atoms with Crippen LogP contribution in [0.25, 0.3) is 11.4 Å². The van der Waals surface area contributed by atoms with E-state index >= 15 is 0 Å². The van der Waals surface area contributed by atoms with Gasteiger partial charge in [-0.3, -0.25) is 4.98 Å². The molecule has 0 radical (unpaired) electrons. The first-order valence-corrected chi connectivity index (χ1v) is 10.5. The molecule has 2 unspecified atom stereocenters. The van der Waals surface area contributed by atoms with Crippen molar-refractivity contribution in [1.29, 1.82) is 0 Å². The zero-order valence-corrected chi connectivity index (χ0v) is 16.7. The lowest BCUT2D eigenvalue weighted by atomic mass is 10.1. The summed E-state index contributed by atoms with van der Waals surface area (Å²) in [4.78, 5) is 8.97. The number of rotatable bonds is 5. The predicted octanol–water partition coefficient (Wildman–Crippen LogP) is 4.72. The van der Waals surface area contributed by atoms with Crippen LogP contribution in [0.1, 0.15) is 37.6 Å². The minimum Gasteiger partial charge on any atom is -0.493 e. The second-order valence-corrected chi connectivity index (χ2v) is 7.99. The molecule has 2 aromatic heterocycles. The van der Waals surface area contributed by atoms with Crippen LogP contribution in [0, 0.1) is 0 Å². The van der Waals surface area contributed by atoms with E-state index in [1.165, 1.54) is 6.42 Å². The van der Waals surface area contributed by atoms with Crippen molar-refractivity contribution >= 4 is 23.1 Å². The summed E-state index contributed by atoms with van der Waals surface area (Å²) in [6.45, 7) is 2.15. The quantitative estimate of drug-likeness (QED) is 0.748. The summed E-state index contributed by atoms with van der Waals surface area (Å²) in [6, 6.07) is 1.79. The van der Waals surface area contributed by atoms with Crippen molar-refractivity contribution in [3.63, 3.8) is 0 Å². The number of methoxy groups -OCH3 is 2. The van der Waals surface area contributed by atoms with Crippen molar-refractivity contribution in [2.24, 2.45) is 0 Å². The molecule has 1 fully saturated rings. The minimum atomic E-state index is -0.370. The maximum Gasteiger partial charge on any atom is 0.188 e. The standard InChI is InChI=1S/C18H24N2O3S2/c1-12-7-5-6-9-18(23-12,24-4)17-20-13(11-25-17)15-16(22-3)14(21-2)8-10-19-15/h8,10-12H,5-7,9H2,1-4H3. The molecule has 0 aromatic carbocycles. The van der Waals surface area contributed by atoms with E-state index in [1.54, 1.807) is 49.6 Å². The average Bonchev–Trinajstić information content (AvgIpc) is 3.05. The van der Waals surface area contributed by atoms with Crippen LogP contribution >= 0.6 is 23.1 Å². The number of thioether (sulfide) groups is 1. The molecule has 1 saturated heterocycles. The number of hydrogen-bond donors (Lipinski definition) is 0. The van der Waals surface area contributed by atoms with Crippen molar-refractivity contribution in [3.05, 3.63) is 22.7 Å². The van der Waals surface area contributed by atoms with E-state index in [2.05, 4.69) is 18.2 Å². The lowest BCUT2D eigenvalue weighted by molar-refractivity contribution is -0.0251. The summed E-state index contributed by atoms with van der Waals surface area (Å²) in [6.07, 6.45) is 8.49. The lowest BCUT2D eigenvalue weighted by Gasteiger charge is -2.30. The monoisotopic (exact) mass is 380 g/mol. The molecule has 1 aliphatic rings. The van der Waals surface area contributed by atoms with Crippen molar-refractivity contribution in [2.45, 2.75) is 43.6 Å². The Morgan fingerprint density at radius 2 is 2.16 bits per heavy atom. The molecule has 25 heavy (non-hydrogen) atoms. The van der Waals surface area contributed by atoms with Crippen LogP contribution in [0.15, 0.2) is 17.6 Å². The summed E-state index contributed by atoms with van der Waals surface area (Å²) in [7, 11) is 3.24. The van der Waals surface area contributed by atoms with Crippen molar-refractivity contribution in [2.75, 3.05) is 20.5 Å². The maximum absolute atomic E-state index is 6.42. The molecule has 0 amide bonds. The second kappa shape index (κ2) is 7.93. The van der Waals surface area contributed by atoms with Gasteiger partial charge in [-0.1, -0.05) is 6.42 Å². The highest BCUT2D eigenvalue weighted by atomic mass is 32.2. The highest BCUT2D eigenvalue weighted by molar-refractivity contribution is 7.99. The molecular formula is C18H24N2O3S2. The molecule has 0 bridgehead atoms. The van der Waals surface area contributed by atoms with Crippen LogP contribution in [-0.2, 0) is 9.67 Å². The van der Waals surface area contributed by atoms with Gasteiger partial charge >= 0.3 is 0 Å². The molecule has 0 N–H and O–H groups in total. The molecule has 3 rings (SSSR count). The lowest BCUT2D eigenvalue weighted by Crippen LogP contribution is -2.28. The number of nitrogens with zero attached hydrogens (tertiary/aromatic N) is 2. The van der Waals surface area contributed by atoms with Crippen molar-refractivity contribution < 1.29 is 14.2 Å². The number of thiazole rings is 1. The first-order chi connectivity index (χ1) is 12.1. The Hall–Kier alpha value is -1.31. The SMILES string of the molecule is COc1ccnc(-c2csc(C3(SC)CCCCC(C)O3)n2)c1OC. The van der Waals surface area contributed by atoms with Gasteiger partial charge in [-0.05, 0) is 32.4 Å². The fraction of sp³-hybridized carbons (Fsp3) is 0.556. The van der Waals surface area contributed by atoms with Crippen LogP contribution in [0.3, 0.4) is 0 Å². The van der Waals surface area contributed by atoms with Gasteiger partial charge in [-0.15, -0.1) is 23.1 Å². The third kappa shape index (κ3) is 3.64. The molecule has 7 heteroatoms. The van der Waals surface area contributed by atoms with Crippen LogP contribution < -0.4 is 9.47 Å². The van der Waals surface area contributed by atoms with Gasteiger partial charge in [0, 0.05) is 17.6 Å². The molecule has 2 atom stereocenters. The topological polar surface area (TPSA) is 53.5 Å². The number of ether oxygens (including phenoxy) is 3. The smallest absolute Gasteiger partial charge is 0.188 e. The summed E-state index contributed by atoms with van der Waals surface area (Å²) in [5.74, 6) is 1.26. The largest absolute Gasteiger partial charge is 0.493 e. The van der Waals surface area contributed by atoms with E-state index in [0.717, 1.165) is 30.0 Å². The van der Waals surface area contributed by atoms with Crippen molar-refractivity contribution in [1.82, 2.24) is 9.97 Å². The second-order valence-electron chi connectivity index (χ2n) is 6.06.